The van der Waals surface area contributed by atoms with Crippen LogP contribution in [0.1, 0.15) is 94.9 Å². The Morgan fingerprint density at radius 1 is 0.935 bits per heavy atom. The van der Waals surface area contributed by atoms with Gasteiger partial charge in [-0.15, -0.1) is 0 Å². The van der Waals surface area contributed by atoms with Crippen LogP contribution in [0.3, 0.4) is 0 Å². The minimum Gasteiger partial charge on any atom is -0.461 e. The minimum absolute atomic E-state index is 0.155. The molecular weight excluding hydrogens is 411 g/mol. The number of rotatable bonds is 20. The van der Waals surface area contributed by atoms with Gasteiger partial charge in [0.25, 0.3) is 0 Å². The third-order valence-electron chi connectivity index (χ3n) is 5.63. The van der Waals surface area contributed by atoms with Crippen molar-refractivity contribution in [2.75, 3.05) is 40.8 Å². The van der Waals surface area contributed by atoms with Gasteiger partial charge < -0.3 is 18.9 Å². The number of aliphatic hydroxyl groups excluding tert-OH is 1. The largest absolute Gasteiger partial charge is 0.461 e. The van der Waals surface area contributed by atoms with Crippen molar-refractivity contribution in [3.63, 3.8) is 0 Å². The summed E-state index contributed by atoms with van der Waals surface area (Å²) in [6, 6.07) is 3.55. The van der Waals surface area contributed by atoms with Gasteiger partial charge in [0.05, 0.1) is 6.61 Å². The third-order valence-corrected chi connectivity index (χ3v) is 7.29. The van der Waals surface area contributed by atoms with Crippen LogP contribution in [0.4, 0.5) is 0 Å². The van der Waals surface area contributed by atoms with E-state index in [1.807, 2.05) is 13.1 Å². The monoisotopic (exact) mass is 458 g/mol. The Hall–Kier alpha value is -0.650. The summed E-state index contributed by atoms with van der Waals surface area (Å²) in [4.78, 5) is 4.20. The van der Waals surface area contributed by atoms with Gasteiger partial charge in [-0.1, -0.05) is 64.7 Å². The fourth-order valence-electron chi connectivity index (χ4n) is 3.75. The van der Waals surface area contributed by atoms with Crippen LogP contribution in [0.5, 0.6) is 0 Å². The zero-order valence-corrected chi connectivity index (χ0v) is 21.4. The summed E-state index contributed by atoms with van der Waals surface area (Å²) in [5.74, 6) is 0.713. The van der Waals surface area contributed by atoms with Gasteiger partial charge in [0.15, 0.2) is 0 Å². The molecule has 1 rings (SSSR count). The van der Waals surface area contributed by atoms with Crippen molar-refractivity contribution in [3.8, 4) is 0 Å². The molecule has 0 aliphatic carbocycles. The summed E-state index contributed by atoms with van der Waals surface area (Å²) in [6.07, 6.45) is 13.6. The first-order valence-electron chi connectivity index (χ1n) is 12.2. The molecule has 0 aliphatic rings. The highest BCUT2D eigenvalue weighted by molar-refractivity contribution is 7.39. The normalized spacial score (nSPS) is 13.9. The summed E-state index contributed by atoms with van der Waals surface area (Å²) >= 11 is 0. The fourth-order valence-corrected chi connectivity index (χ4v) is 5.13. The number of unbranched alkanes of at least 4 members (excludes halogenated alkanes) is 9. The Labute approximate surface area is 191 Å². The molecule has 1 aromatic heterocycles. The average Bonchev–Trinajstić information content (AvgIpc) is 3.20. The highest BCUT2D eigenvalue weighted by Gasteiger charge is 2.27. The fraction of sp³-hybridized carbons (Fsp3) is 0.833. The molecule has 0 saturated heterocycles. The van der Waals surface area contributed by atoms with E-state index in [1.54, 1.807) is 6.07 Å². The Morgan fingerprint density at radius 3 is 2.10 bits per heavy atom. The molecule has 182 valence electrons. The van der Waals surface area contributed by atoms with E-state index in [0.29, 0.717) is 18.1 Å². The molecule has 1 heterocycles. The lowest BCUT2D eigenvalue weighted by atomic mass is 10.1. The van der Waals surface area contributed by atoms with E-state index in [4.69, 9.17) is 8.94 Å². The van der Waals surface area contributed by atoms with Crippen molar-refractivity contribution in [1.82, 2.24) is 9.80 Å². The van der Waals surface area contributed by atoms with Crippen LogP contribution < -0.4 is 0 Å². The number of nitrogens with zero attached hydrogens (tertiary/aromatic N) is 2. The second-order valence-electron chi connectivity index (χ2n) is 8.85. The van der Waals surface area contributed by atoms with Crippen molar-refractivity contribution >= 4 is 8.03 Å². The second kappa shape index (κ2) is 17.9. The van der Waals surface area contributed by atoms with Crippen LogP contribution in [0, 0.1) is 0 Å². The summed E-state index contributed by atoms with van der Waals surface area (Å²) in [5, 5.41) is 9.31. The quantitative estimate of drug-likeness (QED) is 0.189. The lowest BCUT2D eigenvalue weighted by molar-refractivity contribution is 0.212. The molecule has 7 heteroatoms. The molecule has 1 N–H and O–H groups in total. The van der Waals surface area contributed by atoms with Crippen LogP contribution in [-0.4, -0.2) is 55.7 Å². The number of furan rings is 1. The van der Waals surface area contributed by atoms with Gasteiger partial charge in [-0.05, 0) is 52.7 Å². The van der Waals surface area contributed by atoms with Crippen molar-refractivity contribution in [2.45, 2.75) is 89.9 Å². The Morgan fingerprint density at radius 2 is 1.55 bits per heavy atom. The number of aliphatic hydroxyl groups is 1. The van der Waals surface area contributed by atoms with Gasteiger partial charge in [0.1, 0.15) is 23.9 Å². The molecule has 0 fully saturated rings. The van der Waals surface area contributed by atoms with E-state index in [-0.39, 0.29) is 6.61 Å². The molecular formula is C24H47N2O4P. The van der Waals surface area contributed by atoms with Gasteiger partial charge >= 0.3 is 0 Å². The summed E-state index contributed by atoms with van der Waals surface area (Å²) in [7, 11) is 3.72. The molecule has 0 spiro atoms. The first-order chi connectivity index (χ1) is 15.0. The van der Waals surface area contributed by atoms with Crippen LogP contribution in [0.25, 0.3) is 0 Å². The van der Waals surface area contributed by atoms with Gasteiger partial charge in [-0.2, -0.15) is 0 Å². The highest BCUT2D eigenvalue weighted by atomic mass is 31.1. The Balaban J connectivity index is 2.37. The predicted octanol–water partition coefficient (Wildman–Crippen LogP) is 6.07. The molecule has 2 atom stereocenters. The van der Waals surface area contributed by atoms with Gasteiger partial charge in [-0.25, -0.2) is 0 Å². The lowest BCUT2D eigenvalue weighted by Crippen LogP contribution is -2.26. The van der Waals surface area contributed by atoms with Crippen LogP contribution in [-0.2, 0) is 15.7 Å². The van der Waals surface area contributed by atoms with Crippen molar-refractivity contribution in [1.29, 1.82) is 0 Å². The average molecular weight is 459 g/mol. The molecule has 6 nitrogen and oxygen atoms in total. The smallest absolute Gasteiger partial charge is 0.215 e. The highest BCUT2D eigenvalue weighted by Crippen LogP contribution is 2.44. The van der Waals surface area contributed by atoms with E-state index in [0.717, 1.165) is 32.4 Å². The van der Waals surface area contributed by atoms with E-state index >= 15 is 0 Å². The standard InChI is InChI=1S/C24H47N2O4P/c1-5-6-7-8-9-10-11-12-13-14-20-29-31(28)24(23-17-16-22(21-27)30-23)26(4)19-15-18-25(2)3/h16-17,24,27,31H,5-15,18-21H2,1-4H3. The second-order valence-corrected chi connectivity index (χ2v) is 10.3. The molecule has 31 heavy (non-hydrogen) atoms. The molecule has 0 saturated carbocycles. The molecule has 0 aliphatic heterocycles. The maximum absolute atomic E-state index is 13.0. The number of hydrogen-bond acceptors (Lipinski definition) is 6. The summed E-state index contributed by atoms with van der Waals surface area (Å²) in [6.45, 7) is 4.40. The van der Waals surface area contributed by atoms with E-state index in [9.17, 15) is 9.67 Å². The summed E-state index contributed by atoms with van der Waals surface area (Å²) < 4.78 is 24.5. The predicted molar refractivity (Wildman–Crippen MR) is 130 cm³/mol. The molecule has 0 bridgehead atoms. The van der Waals surface area contributed by atoms with Crippen molar-refractivity contribution in [3.05, 3.63) is 23.7 Å². The van der Waals surface area contributed by atoms with E-state index in [1.165, 1.54) is 51.4 Å². The van der Waals surface area contributed by atoms with Crippen LogP contribution >= 0.6 is 8.03 Å². The van der Waals surface area contributed by atoms with Gasteiger partial charge in [0.2, 0.25) is 8.03 Å². The maximum atomic E-state index is 13.0. The molecule has 1 aromatic rings. The third kappa shape index (κ3) is 12.8. The first-order valence-corrected chi connectivity index (χ1v) is 13.6. The Bertz CT molecular complexity index is 580. The SMILES string of the molecule is CCCCCCCCCCCCO[PH](=O)C(c1ccc(CO)o1)N(C)CCCN(C)C. The zero-order chi connectivity index (χ0) is 22.9. The zero-order valence-electron chi connectivity index (χ0n) is 20.4. The minimum atomic E-state index is -2.35. The maximum Gasteiger partial charge on any atom is 0.215 e. The van der Waals surface area contributed by atoms with Gasteiger partial charge in [-0.3, -0.25) is 9.46 Å². The summed E-state index contributed by atoms with van der Waals surface area (Å²) in [5.41, 5.74) is 0. The first kappa shape index (κ1) is 28.4. The van der Waals surface area contributed by atoms with Crippen LogP contribution in [0.2, 0.25) is 0 Å². The molecule has 2 unspecified atom stereocenters. The van der Waals surface area contributed by atoms with Gasteiger partial charge in [0, 0.05) is 6.54 Å². The molecule has 0 amide bonds. The van der Waals surface area contributed by atoms with Crippen molar-refractivity contribution in [2.24, 2.45) is 0 Å². The lowest BCUT2D eigenvalue weighted by Gasteiger charge is -2.26. The number of hydrogen-bond donors (Lipinski definition) is 1. The van der Waals surface area contributed by atoms with E-state index < -0.39 is 13.8 Å². The van der Waals surface area contributed by atoms with E-state index in [2.05, 4.69) is 30.8 Å². The van der Waals surface area contributed by atoms with Crippen LogP contribution in [0.15, 0.2) is 16.5 Å². The Kier molecular flexibility index (Phi) is 16.3. The van der Waals surface area contributed by atoms with Crippen molar-refractivity contribution < 1.29 is 18.6 Å². The molecule has 0 aromatic carbocycles. The molecule has 0 radical (unpaired) electrons. The topological polar surface area (TPSA) is 66.2 Å².